The van der Waals surface area contributed by atoms with Gasteiger partial charge in [-0.05, 0) is 13.8 Å². The van der Waals surface area contributed by atoms with E-state index in [0.717, 1.165) is 12.1 Å². The molecule has 2 aromatic rings. The van der Waals surface area contributed by atoms with Gasteiger partial charge in [-0.15, -0.1) is 0 Å². The summed E-state index contributed by atoms with van der Waals surface area (Å²) in [5.74, 6) is -1.14. The van der Waals surface area contributed by atoms with Crippen LogP contribution >= 0.6 is 0 Å². The van der Waals surface area contributed by atoms with E-state index in [1.807, 2.05) is 13.8 Å². The topological polar surface area (TPSA) is 54.7 Å². The molecule has 2 rings (SSSR count). The lowest BCUT2D eigenvalue weighted by Crippen LogP contribution is -2.34. The van der Waals surface area contributed by atoms with Crippen molar-refractivity contribution in [1.29, 1.82) is 0 Å². The Balaban J connectivity index is 2.44. The molecule has 3 N–H and O–H groups in total. The van der Waals surface area contributed by atoms with Crippen molar-refractivity contribution in [3.05, 3.63) is 29.6 Å². The van der Waals surface area contributed by atoms with E-state index in [1.165, 1.54) is 0 Å². The summed E-state index contributed by atoms with van der Waals surface area (Å²) in [5.41, 5.74) is 6.33. The van der Waals surface area contributed by atoms with E-state index >= 15 is 0 Å². The molecular weight excluding hydrogens is 212 g/mol. The second-order valence-corrected chi connectivity index (χ2v) is 4.63. The molecule has 0 atom stereocenters. The van der Waals surface area contributed by atoms with Crippen LogP contribution in [0.15, 0.2) is 12.1 Å². The first-order chi connectivity index (χ1) is 7.35. The number of hydrogen-bond donors (Lipinski definition) is 2. The monoisotopic (exact) mass is 225 g/mol. The van der Waals surface area contributed by atoms with Gasteiger partial charge in [0.15, 0.2) is 11.6 Å². The fraction of sp³-hybridized carbons (Fsp3) is 0.364. The van der Waals surface area contributed by atoms with Gasteiger partial charge in [-0.2, -0.15) is 0 Å². The Hall–Kier alpha value is -1.49. The minimum Gasteiger partial charge on any atom is -0.342 e. The third kappa shape index (κ3) is 2.19. The second-order valence-electron chi connectivity index (χ2n) is 4.63. The molecule has 3 nitrogen and oxygen atoms in total. The zero-order chi connectivity index (χ0) is 11.9. The predicted octanol–water partition coefficient (Wildman–Crippen LogP) is 2.12. The van der Waals surface area contributed by atoms with Crippen molar-refractivity contribution in [2.75, 3.05) is 0 Å². The Kier molecular flexibility index (Phi) is 2.42. The van der Waals surface area contributed by atoms with Crippen molar-refractivity contribution in [3.63, 3.8) is 0 Å². The Labute approximate surface area is 91.7 Å². The van der Waals surface area contributed by atoms with Crippen LogP contribution in [-0.4, -0.2) is 15.5 Å². The molecule has 0 spiro atoms. The van der Waals surface area contributed by atoms with Gasteiger partial charge >= 0.3 is 0 Å². The molecule has 1 heterocycles. The Morgan fingerprint density at radius 1 is 1.31 bits per heavy atom. The molecule has 0 bridgehead atoms. The lowest BCUT2D eigenvalue weighted by atomic mass is 10.0. The minimum absolute atomic E-state index is 0.412. The van der Waals surface area contributed by atoms with Gasteiger partial charge in [0.2, 0.25) is 0 Å². The fourth-order valence-electron chi connectivity index (χ4n) is 1.57. The molecule has 5 heteroatoms. The highest BCUT2D eigenvalue weighted by atomic mass is 19.2. The van der Waals surface area contributed by atoms with E-state index in [-0.39, 0.29) is 0 Å². The molecule has 0 amide bonds. The summed E-state index contributed by atoms with van der Waals surface area (Å²) in [4.78, 5) is 7.08. The minimum atomic E-state index is -0.891. The van der Waals surface area contributed by atoms with Crippen LogP contribution in [0, 0.1) is 11.6 Å². The highest BCUT2D eigenvalue weighted by Gasteiger charge is 2.15. The summed E-state index contributed by atoms with van der Waals surface area (Å²) in [6, 6.07) is 2.18. The van der Waals surface area contributed by atoms with Crippen LogP contribution in [0.2, 0.25) is 0 Å². The second kappa shape index (κ2) is 3.52. The van der Waals surface area contributed by atoms with E-state index < -0.39 is 17.2 Å². The Morgan fingerprint density at radius 2 is 1.94 bits per heavy atom. The van der Waals surface area contributed by atoms with E-state index in [4.69, 9.17) is 5.73 Å². The smallest absolute Gasteiger partial charge is 0.161 e. The average Bonchev–Trinajstić information content (AvgIpc) is 2.44. The van der Waals surface area contributed by atoms with Gasteiger partial charge < -0.3 is 10.7 Å². The number of aromatic nitrogens is 2. The number of rotatable bonds is 2. The molecule has 0 aliphatic heterocycles. The first kappa shape index (κ1) is 11.0. The first-order valence-corrected chi connectivity index (χ1v) is 4.98. The quantitative estimate of drug-likeness (QED) is 0.822. The third-order valence-electron chi connectivity index (χ3n) is 2.20. The van der Waals surface area contributed by atoms with Crippen LogP contribution in [0.5, 0.6) is 0 Å². The molecule has 1 aromatic carbocycles. The molecule has 0 fully saturated rings. The van der Waals surface area contributed by atoms with Crippen LogP contribution in [0.4, 0.5) is 8.78 Å². The van der Waals surface area contributed by atoms with Crippen LogP contribution in [0.25, 0.3) is 11.0 Å². The number of imidazole rings is 1. The third-order valence-corrected chi connectivity index (χ3v) is 2.20. The van der Waals surface area contributed by atoms with Crippen molar-refractivity contribution in [3.8, 4) is 0 Å². The maximum Gasteiger partial charge on any atom is 0.161 e. The Morgan fingerprint density at radius 3 is 2.56 bits per heavy atom. The number of hydrogen-bond acceptors (Lipinski definition) is 2. The molecule has 0 radical (unpaired) electrons. The predicted molar refractivity (Wildman–Crippen MR) is 58.0 cm³/mol. The zero-order valence-electron chi connectivity index (χ0n) is 9.14. The van der Waals surface area contributed by atoms with Crippen molar-refractivity contribution in [2.24, 2.45) is 5.73 Å². The summed E-state index contributed by atoms with van der Waals surface area (Å²) >= 11 is 0. The number of fused-ring (bicyclic) bond motifs is 1. The summed E-state index contributed by atoms with van der Waals surface area (Å²) in [5, 5.41) is 0. The van der Waals surface area contributed by atoms with E-state index in [2.05, 4.69) is 9.97 Å². The number of nitrogens with one attached hydrogen (secondary N) is 1. The maximum atomic E-state index is 12.9. The van der Waals surface area contributed by atoms with Crippen molar-refractivity contribution in [1.82, 2.24) is 9.97 Å². The van der Waals surface area contributed by atoms with Crippen molar-refractivity contribution >= 4 is 11.0 Å². The number of aromatic amines is 1. The molecule has 16 heavy (non-hydrogen) atoms. The summed E-state index contributed by atoms with van der Waals surface area (Å²) in [7, 11) is 0. The fourth-order valence-corrected chi connectivity index (χ4v) is 1.57. The largest absolute Gasteiger partial charge is 0.342 e. The molecule has 0 saturated carbocycles. The SMILES string of the molecule is CC(C)(N)Cc1nc2cc(F)c(F)cc2[nH]1. The normalized spacial score (nSPS) is 12.3. The Bertz CT molecular complexity index is 487. The van der Waals surface area contributed by atoms with Crippen LogP contribution in [0.3, 0.4) is 0 Å². The number of nitrogens with zero attached hydrogens (tertiary/aromatic N) is 1. The van der Waals surface area contributed by atoms with E-state index in [1.54, 1.807) is 0 Å². The van der Waals surface area contributed by atoms with Gasteiger partial charge in [0.1, 0.15) is 5.82 Å². The zero-order valence-corrected chi connectivity index (χ0v) is 9.14. The maximum absolute atomic E-state index is 12.9. The van der Waals surface area contributed by atoms with Gasteiger partial charge in [-0.25, -0.2) is 13.8 Å². The standard InChI is InChI=1S/C11H13F2N3/c1-11(2,14)5-10-15-8-3-6(12)7(13)4-9(8)16-10/h3-4H,5,14H2,1-2H3,(H,15,16). The van der Waals surface area contributed by atoms with Gasteiger partial charge in [0.25, 0.3) is 0 Å². The number of H-pyrrole nitrogens is 1. The van der Waals surface area contributed by atoms with Gasteiger partial charge in [0, 0.05) is 24.1 Å². The number of benzene rings is 1. The van der Waals surface area contributed by atoms with Gasteiger partial charge in [0.05, 0.1) is 11.0 Å². The molecular formula is C11H13F2N3. The van der Waals surface area contributed by atoms with E-state index in [9.17, 15) is 8.78 Å². The molecule has 1 aromatic heterocycles. The number of halogens is 2. The summed E-state index contributed by atoms with van der Waals surface area (Å²) in [6.07, 6.45) is 0.519. The summed E-state index contributed by atoms with van der Waals surface area (Å²) < 4.78 is 25.9. The first-order valence-electron chi connectivity index (χ1n) is 4.98. The molecule has 0 saturated heterocycles. The van der Waals surface area contributed by atoms with Gasteiger partial charge in [-0.3, -0.25) is 0 Å². The number of nitrogens with two attached hydrogens (primary N) is 1. The van der Waals surface area contributed by atoms with Crippen molar-refractivity contribution < 1.29 is 8.78 Å². The van der Waals surface area contributed by atoms with Gasteiger partial charge in [-0.1, -0.05) is 0 Å². The van der Waals surface area contributed by atoms with Crippen LogP contribution in [-0.2, 0) is 6.42 Å². The summed E-state index contributed by atoms with van der Waals surface area (Å²) in [6.45, 7) is 3.72. The molecule has 0 unspecified atom stereocenters. The molecule has 0 aliphatic rings. The molecule has 86 valence electrons. The molecule has 0 aliphatic carbocycles. The van der Waals surface area contributed by atoms with Crippen molar-refractivity contribution in [2.45, 2.75) is 25.8 Å². The lowest BCUT2D eigenvalue weighted by molar-refractivity contribution is 0.505. The van der Waals surface area contributed by atoms with E-state index in [0.29, 0.717) is 23.3 Å². The average molecular weight is 225 g/mol. The highest BCUT2D eigenvalue weighted by Crippen LogP contribution is 2.17. The highest BCUT2D eigenvalue weighted by molar-refractivity contribution is 5.75. The van der Waals surface area contributed by atoms with Crippen LogP contribution < -0.4 is 5.73 Å². The lowest BCUT2D eigenvalue weighted by Gasteiger charge is -2.15. The van der Waals surface area contributed by atoms with Crippen LogP contribution in [0.1, 0.15) is 19.7 Å².